The third kappa shape index (κ3) is 2.68. The van der Waals surface area contributed by atoms with Crippen LogP contribution in [0.4, 0.5) is 0 Å². The van der Waals surface area contributed by atoms with Crippen LogP contribution in [0, 0.1) is 13.8 Å². The number of nitrogens with zero attached hydrogens (tertiary/aromatic N) is 1. The second kappa shape index (κ2) is 5.71. The van der Waals surface area contributed by atoms with Gasteiger partial charge in [-0.15, -0.1) is 0 Å². The van der Waals surface area contributed by atoms with Crippen LogP contribution in [0.3, 0.4) is 0 Å². The lowest BCUT2D eigenvalue weighted by atomic mass is 10.1. The number of sulfonamides is 1. The van der Waals surface area contributed by atoms with Crippen LogP contribution in [0.5, 0.6) is 5.75 Å². The van der Waals surface area contributed by atoms with Gasteiger partial charge in [0.2, 0.25) is 10.0 Å². The third-order valence-corrected chi connectivity index (χ3v) is 5.87. The Labute approximate surface area is 121 Å². The monoisotopic (exact) mass is 298 g/mol. The van der Waals surface area contributed by atoms with Gasteiger partial charge in [0.1, 0.15) is 5.75 Å². The maximum atomic E-state index is 12.8. The average molecular weight is 298 g/mol. The van der Waals surface area contributed by atoms with Gasteiger partial charge >= 0.3 is 0 Å². The van der Waals surface area contributed by atoms with Gasteiger partial charge in [-0.3, -0.25) is 0 Å². The van der Waals surface area contributed by atoms with E-state index in [2.05, 4.69) is 5.32 Å². The second-order valence-electron chi connectivity index (χ2n) is 5.26. The van der Waals surface area contributed by atoms with Crippen molar-refractivity contribution in [3.63, 3.8) is 0 Å². The van der Waals surface area contributed by atoms with E-state index in [9.17, 15) is 8.42 Å². The van der Waals surface area contributed by atoms with Gasteiger partial charge < -0.3 is 10.1 Å². The topological polar surface area (TPSA) is 58.6 Å². The molecule has 6 heteroatoms. The van der Waals surface area contributed by atoms with Gasteiger partial charge in [0.05, 0.1) is 12.0 Å². The minimum Gasteiger partial charge on any atom is -0.496 e. The van der Waals surface area contributed by atoms with Gasteiger partial charge in [-0.1, -0.05) is 0 Å². The van der Waals surface area contributed by atoms with Crippen LogP contribution in [0.15, 0.2) is 17.0 Å². The van der Waals surface area contributed by atoms with E-state index in [1.165, 1.54) is 0 Å². The molecule has 1 fully saturated rings. The first-order chi connectivity index (χ1) is 9.37. The highest BCUT2D eigenvalue weighted by atomic mass is 32.2. The molecule has 1 heterocycles. The molecule has 112 valence electrons. The predicted octanol–water partition coefficient (Wildman–Crippen LogP) is 1.29. The van der Waals surface area contributed by atoms with E-state index in [1.807, 2.05) is 20.8 Å². The molecule has 2 rings (SSSR count). The maximum Gasteiger partial charge on any atom is 0.243 e. The van der Waals surface area contributed by atoms with Crippen molar-refractivity contribution in [1.82, 2.24) is 9.62 Å². The standard InChI is InChI=1S/C14H22N2O3S/c1-10-8-14(11(2)7-13(10)19-4)20(17,18)16-6-5-15-9-12(16)3/h7-8,12,15H,5-6,9H2,1-4H3. The molecular weight excluding hydrogens is 276 g/mol. The molecule has 1 unspecified atom stereocenters. The van der Waals surface area contributed by atoms with Gasteiger partial charge in [-0.05, 0) is 44.0 Å². The molecule has 1 atom stereocenters. The zero-order valence-electron chi connectivity index (χ0n) is 12.4. The third-order valence-electron chi connectivity index (χ3n) is 3.72. The zero-order chi connectivity index (χ0) is 14.9. The molecule has 0 saturated carbocycles. The minimum absolute atomic E-state index is 0.0319. The molecule has 0 aromatic heterocycles. The fourth-order valence-electron chi connectivity index (χ4n) is 2.57. The molecule has 0 spiro atoms. The van der Waals surface area contributed by atoms with Crippen LogP contribution in [0.25, 0.3) is 0 Å². The summed E-state index contributed by atoms with van der Waals surface area (Å²) in [5, 5.41) is 3.21. The number of piperazine rings is 1. The largest absolute Gasteiger partial charge is 0.496 e. The molecular formula is C14H22N2O3S. The van der Waals surface area contributed by atoms with Gasteiger partial charge in [-0.2, -0.15) is 4.31 Å². The Morgan fingerprint density at radius 3 is 2.60 bits per heavy atom. The van der Waals surface area contributed by atoms with Crippen molar-refractivity contribution in [3.05, 3.63) is 23.3 Å². The molecule has 1 N–H and O–H groups in total. The van der Waals surface area contributed by atoms with Crippen molar-refractivity contribution in [2.24, 2.45) is 0 Å². The summed E-state index contributed by atoms with van der Waals surface area (Å²) in [7, 11) is -1.86. The summed E-state index contributed by atoms with van der Waals surface area (Å²) in [5.41, 5.74) is 1.55. The SMILES string of the molecule is COc1cc(C)c(S(=O)(=O)N2CCNCC2C)cc1C. The Hall–Kier alpha value is -1.11. The summed E-state index contributed by atoms with van der Waals surface area (Å²) < 4.78 is 32.5. The summed E-state index contributed by atoms with van der Waals surface area (Å²) in [4.78, 5) is 0.379. The van der Waals surface area contributed by atoms with Crippen molar-refractivity contribution in [1.29, 1.82) is 0 Å². The summed E-state index contributed by atoms with van der Waals surface area (Å²) in [6.45, 7) is 7.48. The Kier molecular flexibility index (Phi) is 4.36. The van der Waals surface area contributed by atoms with Crippen LogP contribution in [0.1, 0.15) is 18.1 Å². The molecule has 20 heavy (non-hydrogen) atoms. The first-order valence-corrected chi connectivity index (χ1v) is 8.19. The van der Waals surface area contributed by atoms with Crippen LogP contribution >= 0.6 is 0 Å². The fraction of sp³-hybridized carbons (Fsp3) is 0.571. The number of hydrogen-bond acceptors (Lipinski definition) is 4. The lowest BCUT2D eigenvalue weighted by Crippen LogP contribution is -2.52. The lowest BCUT2D eigenvalue weighted by molar-refractivity contribution is 0.283. The van der Waals surface area contributed by atoms with E-state index in [1.54, 1.807) is 23.5 Å². The molecule has 1 saturated heterocycles. The summed E-state index contributed by atoms with van der Waals surface area (Å²) in [5.74, 6) is 0.717. The Bertz CT molecular complexity index is 599. The maximum absolute atomic E-state index is 12.8. The van der Waals surface area contributed by atoms with Gasteiger partial charge in [-0.25, -0.2) is 8.42 Å². The zero-order valence-corrected chi connectivity index (χ0v) is 13.3. The van der Waals surface area contributed by atoms with E-state index in [4.69, 9.17) is 4.74 Å². The molecule has 0 bridgehead atoms. The van der Waals surface area contributed by atoms with Crippen molar-refractivity contribution < 1.29 is 13.2 Å². The summed E-state index contributed by atoms with van der Waals surface area (Å²) >= 11 is 0. The van der Waals surface area contributed by atoms with Crippen LogP contribution in [0.2, 0.25) is 0 Å². The molecule has 5 nitrogen and oxygen atoms in total. The number of methoxy groups -OCH3 is 1. The van der Waals surface area contributed by atoms with Crippen molar-refractivity contribution >= 4 is 10.0 Å². The molecule has 1 aromatic carbocycles. The first-order valence-electron chi connectivity index (χ1n) is 6.75. The van der Waals surface area contributed by atoms with Gasteiger partial charge in [0, 0.05) is 25.7 Å². The number of benzene rings is 1. The highest BCUT2D eigenvalue weighted by Gasteiger charge is 2.32. The smallest absolute Gasteiger partial charge is 0.243 e. The number of aryl methyl sites for hydroxylation is 2. The van der Waals surface area contributed by atoms with Gasteiger partial charge in [0.25, 0.3) is 0 Å². The molecule has 0 aliphatic carbocycles. The van der Waals surface area contributed by atoms with Crippen molar-refractivity contribution in [2.75, 3.05) is 26.7 Å². The number of hydrogen-bond donors (Lipinski definition) is 1. The fourth-order valence-corrected chi connectivity index (χ4v) is 4.49. The molecule has 0 radical (unpaired) electrons. The molecule has 1 aliphatic heterocycles. The summed E-state index contributed by atoms with van der Waals surface area (Å²) in [6.07, 6.45) is 0. The lowest BCUT2D eigenvalue weighted by Gasteiger charge is -2.33. The van der Waals surface area contributed by atoms with Crippen molar-refractivity contribution in [2.45, 2.75) is 31.7 Å². The van der Waals surface area contributed by atoms with Crippen LogP contribution in [-0.2, 0) is 10.0 Å². The Morgan fingerprint density at radius 1 is 1.30 bits per heavy atom. The Morgan fingerprint density at radius 2 is 2.00 bits per heavy atom. The normalized spacial score (nSPS) is 20.9. The van der Waals surface area contributed by atoms with E-state index in [0.717, 1.165) is 16.9 Å². The number of nitrogens with one attached hydrogen (secondary N) is 1. The highest BCUT2D eigenvalue weighted by Crippen LogP contribution is 2.28. The Balaban J connectivity index is 2.46. The van der Waals surface area contributed by atoms with Crippen molar-refractivity contribution in [3.8, 4) is 5.75 Å². The number of ether oxygens (including phenoxy) is 1. The highest BCUT2D eigenvalue weighted by molar-refractivity contribution is 7.89. The first kappa shape index (κ1) is 15.3. The van der Waals surface area contributed by atoms with Crippen LogP contribution in [-0.4, -0.2) is 45.5 Å². The second-order valence-corrected chi connectivity index (χ2v) is 7.12. The average Bonchev–Trinajstić information content (AvgIpc) is 2.41. The van der Waals surface area contributed by atoms with Crippen LogP contribution < -0.4 is 10.1 Å². The summed E-state index contributed by atoms with van der Waals surface area (Å²) in [6, 6.07) is 3.46. The minimum atomic E-state index is -3.45. The quantitative estimate of drug-likeness (QED) is 0.913. The molecule has 1 aromatic rings. The van der Waals surface area contributed by atoms with E-state index < -0.39 is 10.0 Å². The predicted molar refractivity (Wildman–Crippen MR) is 78.7 cm³/mol. The van der Waals surface area contributed by atoms with E-state index in [-0.39, 0.29) is 6.04 Å². The van der Waals surface area contributed by atoms with Gasteiger partial charge in [0.15, 0.2) is 0 Å². The number of rotatable bonds is 3. The molecule has 1 aliphatic rings. The molecule has 0 amide bonds. The van der Waals surface area contributed by atoms with E-state index in [0.29, 0.717) is 24.5 Å². The van der Waals surface area contributed by atoms with E-state index >= 15 is 0 Å².